The Bertz CT molecular complexity index is 2600. The van der Waals surface area contributed by atoms with E-state index in [1.165, 1.54) is 12.8 Å². The number of likely N-dealkylation sites (N-methyl/N-ethyl adjacent to an activating group) is 2. The zero-order chi connectivity index (χ0) is 45.2. The summed E-state index contributed by atoms with van der Waals surface area (Å²) in [5, 5.41) is 5.84. The lowest BCUT2D eigenvalue weighted by Crippen LogP contribution is -2.44. The van der Waals surface area contributed by atoms with E-state index in [4.69, 9.17) is 28.9 Å². The molecule has 0 bridgehead atoms. The maximum atomic E-state index is 14.0. The Morgan fingerprint density at radius 2 is 1.20 bits per heavy atom. The second kappa shape index (κ2) is 18.6. The number of hydrogen-bond donors (Lipinski definition) is 2. The number of fused-ring (bicyclic) bond motifs is 4. The first-order valence-corrected chi connectivity index (χ1v) is 22.1. The fourth-order valence-corrected chi connectivity index (χ4v) is 8.67. The Morgan fingerprint density at radius 1 is 0.708 bits per heavy atom. The summed E-state index contributed by atoms with van der Waals surface area (Å²) in [6.07, 6.45) is 9.24. The Balaban J connectivity index is 0.806. The number of carbonyl (C=O) groups is 3. The van der Waals surface area contributed by atoms with Gasteiger partial charge in [-0.15, -0.1) is 0 Å². The van der Waals surface area contributed by atoms with Crippen LogP contribution in [0.25, 0.3) is 11.1 Å². The molecule has 4 aromatic rings. The summed E-state index contributed by atoms with van der Waals surface area (Å²) >= 11 is 0. The maximum absolute atomic E-state index is 14.0. The number of piperazine rings is 1. The van der Waals surface area contributed by atoms with Gasteiger partial charge < -0.3 is 49.2 Å². The molecule has 3 unspecified atom stereocenters. The molecule has 336 valence electrons. The predicted molar refractivity (Wildman–Crippen MR) is 253 cm³/mol. The number of nitrogens with zero attached hydrogens (tertiary/aromatic N) is 6. The molecule has 15 heteroatoms. The molecule has 0 aromatic heterocycles. The van der Waals surface area contributed by atoms with Crippen molar-refractivity contribution in [3.8, 4) is 23.0 Å². The van der Waals surface area contributed by atoms with Crippen LogP contribution in [0.15, 0.2) is 95.2 Å². The smallest absolute Gasteiger partial charge is 0.260 e. The Labute approximate surface area is 379 Å². The lowest BCUT2D eigenvalue weighted by molar-refractivity contribution is -0.117. The molecular weight excluding hydrogens is 825 g/mol. The largest absolute Gasteiger partial charge is 0.493 e. The van der Waals surface area contributed by atoms with E-state index in [9.17, 15) is 14.4 Å². The van der Waals surface area contributed by atoms with E-state index in [2.05, 4.69) is 51.7 Å². The van der Waals surface area contributed by atoms with Crippen molar-refractivity contribution in [1.29, 1.82) is 0 Å². The molecule has 0 spiro atoms. The van der Waals surface area contributed by atoms with Gasteiger partial charge in [0.25, 0.3) is 11.8 Å². The second-order valence-electron chi connectivity index (χ2n) is 16.8. The van der Waals surface area contributed by atoms with Gasteiger partial charge in [0, 0.05) is 93.8 Å². The van der Waals surface area contributed by atoms with E-state index in [1.54, 1.807) is 61.4 Å². The molecule has 65 heavy (non-hydrogen) atoms. The first-order valence-electron chi connectivity index (χ1n) is 22.1. The number of methoxy groups -OCH3 is 2. The first-order chi connectivity index (χ1) is 31.6. The van der Waals surface area contributed by atoms with Crippen molar-refractivity contribution in [2.75, 3.05) is 77.9 Å². The molecule has 5 aliphatic rings. The second-order valence-corrected chi connectivity index (χ2v) is 16.8. The molecule has 3 atom stereocenters. The lowest BCUT2D eigenvalue weighted by Gasteiger charge is -2.34. The molecular formula is C50H54N8O7. The third-order valence-corrected chi connectivity index (χ3v) is 12.7. The van der Waals surface area contributed by atoms with Gasteiger partial charge in [0.05, 0.1) is 68.1 Å². The van der Waals surface area contributed by atoms with Crippen molar-refractivity contribution < 1.29 is 33.3 Å². The van der Waals surface area contributed by atoms with Gasteiger partial charge in [-0.1, -0.05) is 24.3 Å². The van der Waals surface area contributed by atoms with Crippen molar-refractivity contribution in [3.05, 3.63) is 107 Å². The van der Waals surface area contributed by atoms with E-state index in [1.807, 2.05) is 42.9 Å². The van der Waals surface area contributed by atoms with Crippen molar-refractivity contribution >= 4 is 64.0 Å². The predicted octanol–water partition coefficient (Wildman–Crippen LogP) is 6.79. The van der Waals surface area contributed by atoms with Gasteiger partial charge in [-0.05, 0) is 79.7 Å². The highest BCUT2D eigenvalue weighted by atomic mass is 16.5. The monoisotopic (exact) mass is 878 g/mol. The molecule has 1 saturated heterocycles. The molecule has 5 heterocycles. The normalized spacial score (nSPS) is 19.3. The number of hydrogen-bond acceptors (Lipinski definition) is 12. The number of aliphatic imine (C=N–C) groups is 2. The summed E-state index contributed by atoms with van der Waals surface area (Å²) in [6, 6.07) is 22.3. The van der Waals surface area contributed by atoms with Gasteiger partial charge in [0.2, 0.25) is 5.91 Å². The summed E-state index contributed by atoms with van der Waals surface area (Å²) in [5.74, 6) is 1.34. The molecule has 0 radical (unpaired) electrons. The summed E-state index contributed by atoms with van der Waals surface area (Å²) < 4.78 is 23.7. The number of nitrogens with one attached hydrogen (secondary N) is 2. The van der Waals surface area contributed by atoms with Gasteiger partial charge in [0.1, 0.15) is 0 Å². The minimum atomic E-state index is -0.315. The number of carbonyl (C=O) groups excluding carboxylic acids is 3. The van der Waals surface area contributed by atoms with Crippen LogP contribution in [-0.4, -0.2) is 131 Å². The minimum absolute atomic E-state index is 0.118. The Morgan fingerprint density at radius 3 is 1.68 bits per heavy atom. The molecule has 1 fully saturated rings. The highest BCUT2D eigenvalue weighted by Crippen LogP contribution is 2.42. The zero-order valence-corrected chi connectivity index (χ0v) is 37.4. The third-order valence-electron chi connectivity index (χ3n) is 12.7. The average Bonchev–Trinajstić information content (AvgIpc) is 3.91. The molecule has 15 nitrogen and oxygen atoms in total. The molecule has 0 saturated carbocycles. The van der Waals surface area contributed by atoms with Crippen LogP contribution in [0.1, 0.15) is 58.0 Å². The SMILES string of the molecule is CNC(C)C(=O)Nc1ccc(C2=CN3C(=O)c4cc(OC)c(OCCCOc5cc6c(cc5OC)C(=O)N5C=C(c7ccc(N8CCN(C)CC8)cc7)CC5C=N6)cc4N=CC3C2)cc1. The Kier molecular flexibility index (Phi) is 12.4. The summed E-state index contributed by atoms with van der Waals surface area (Å²) in [6.45, 7) is 6.51. The first kappa shape index (κ1) is 43.3. The van der Waals surface area contributed by atoms with Crippen molar-refractivity contribution in [2.45, 2.75) is 44.3 Å². The average molecular weight is 879 g/mol. The van der Waals surface area contributed by atoms with E-state index in [-0.39, 0.29) is 35.8 Å². The third kappa shape index (κ3) is 8.93. The van der Waals surface area contributed by atoms with Crippen LogP contribution in [0.4, 0.5) is 22.7 Å². The van der Waals surface area contributed by atoms with Crippen molar-refractivity contribution in [3.63, 3.8) is 0 Å². The van der Waals surface area contributed by atoms with E-state index >= 15 is 0 Å². The molecule has 0 aliphatic carbocycles. The van der Waals surface area contributed by atoms with Gasteiger partial charge in [-0.2, -0.15) is 0 Å². The number of rotatable bonds is 14. The number of benzene rings is 4. The van der Waals surface area contributed by atoms with Crippen LogP contribution in [0.5, 0.6) is 23.0 Å². The van der Waals surface area contributed by atoms with Crippen LogP contribution in [0.3, 0.4) is 0 Å². The summed E-state index contributed by atoms with van der Waals surface area (Å²) in [7, 11) is 6.99. The molecule has 5 aliphatic heterocycles. The number of ether oxygens (including phenoxy) is 4. The molecule has 2 N–H and O–H groups in total. The van der Waals surface area contributed by atoms with Crippen LogP contribution in [0, 0.1) is 0 Å². The van der Waals surface area contributed by atoms with Crippen LogP contribution in [0.2, 0.25) is 0 Å². The van der Waals surface area contributed by atoms with Crippen molar-refractivity contribution in [1.82, 2.24) is 20.0 Å². The number of anilines is 2. The highest BCUT2D eigenvalue weighted by molar-refractivity contribution is 6.06. The highest BCUT2D eigenvalue weighted by Gasteiger charge is 2.35. The quantitative estimate of drug-likeness (QED) is 0.130. The van der Waals surface area contributed by atoms with Crippen LogP contribution >= 0.6 is 0 Å². The maximum Gasteiger partial charge on any atom is 0.260 e. The van der Waals surface area contributed by atoms with Gasteiger partial charge in [-0.25, -0.2) is 0 Å². The van der Waals surface area contributed by atoms with E-state index < -0.39 is 0 Å². The molecule has 4 aromatic carbocycles. The standard InChI is InChI=1S/C50H54N8O7/c1-31(51-2)48(59)54-36-11-7-32(8-12-36)34-21-38-27-52-42-25-46(44(62-4)23-40(42)49(60)57(38)29-34)64-19-6-20-65-47-26-43-41(24-45(47)63-5)50(61)58-30-35(22-39(58)28-53-43)33-9-13-37(14-10-33)56-17-15-55(3)16-18-56/h7-14,23-31,38-39,51H,6,15-22H2,1-5H3,(H,54,59). The van der Waals surface area contributed by atoms with E-state index in [0.29, 0.717) is 83.7 Å². The fraction of sp³-hybridized carbons (Fsp3) is 0.340. The van der Waals surface area contributed by atoms with Gasteiger partial charge in [-0.3, -0.25) is 24.4 Å². The van der Waals surface area contributed by atoms with Gasteiger partial charge in [0.15, 0.2) is 23.0 Å². The summed E-state index contributed by atoms with van der Waals surface area (Å²) in [5.41, 5.74) is 7.93. The van der Waals surface area contributed by atoms with Crippen molar-refractivity contribution in [2.24, 2.45) is 9.98 Å². The topological polar surface area (TPSA) is 150 Å². The van der Waals surface area contributed by atoms with E-state index in [0.717, 1.165) is 48.5 Å². The zero-order valence-electron chi connectivity index (χ0n) is 37.4. The van der Waals surface area contributed by atoms with Gasteiger partial charge >= 0.3 is 0 Å². The van der Waals surface area contributed by atoms with Crippen LogP contribution < -0.4 is 34.5 Å². The molecule has 9 rings (SSSR count). The molecule has 3 amide bonds. The minimum Gasteiger partial charge on any atom is -0.493 e. The lowest BCUT2D eigenvalue weighted by atomic mass is 10.0. The fourth-order valence-electron chi connectivity index (χ4n) is 8.67. The van der Waals surface area contributed by atoms with Crippen LogP contribution in [-0.2, 0) is 4.79 Å². The number of amides is 3. The summed E-state index contributed by atoms with van der Waals surface area (Å²) in [4.78, 5) is 57.9. The Hall–Kier alpha value is -6.97.